The molecule has 0 aliphatic rings. The van der Waals surface area contributed by atoms with E-state index in [1.54, 1.807) is 0 Å². The molecule has 0 unspecified atom stereocenters. The van der Waals surface area contributed by atoms with E-state index in [2.05, 4.69) is 9.84 Å². The highest BCUT2D eigenvalue weighted by Gasteiger charge is 2.15. The van der Waals surface area contributed by atoms with E-state index in [0.29, 0.717) is 0 Å². The van der Waals surface area contributed by atoms with Crippen molar-refractivity contribution in [2.45, 2.75) is 0 Å². The SMILES string of the molecule is COC(=O)N/N=C/c1cc([N+](=O)[O-])cc(OC)c1O. The van der Waals surface area contributed by atoms with Crippen molar-refractivity contribution in [1.82, 2.24) is 5.43 Å². The average Bonchev–Trinajstić information content (AvgIpc) is 2.40. The minimum Gasteiger partial charge on any atom is -0.504 e. The number of carbonyl (C=O) groups excluding carboxylic acids is 1. The number of rotatable bonds is 4. The molecule has 102 valence electrons. The molecule has 0 saturated carbocycles. The first kappa shape index (κ1) is 14.2. The highest BCUT2D eigenvalue weighted by Crippen LogP contribution is 2.33. The van der Waals surface area contributed by atoms with Crippen LogP contribution in [0.2, 0.25) is 0 Å². The van der Waals surface area contributed by atoms with E-state index in [4.69, 9.17) is 4.74 Å². The molecule has 0 bridgehead atoms. The van der Waals surface area contributed by atoms with Gasteiger partial charge in [-0.1, -0.05) is 0 Å². The number of nitro benzene ring substituents is 1. The van der Waals surface area contributed by atoms with Crippen molar-refractivity contribution in [1.29, 1.82) is 0 Å². The number of non-ortho nitro benzene ring substituents is 1. The number of phenolic OH excluding ortho intramolecular Hbond substituents is 1. The molecule has 0 fully saturated rings. The molecule has 1 aromatic rings. The van der Waals surface area contributed by atoms with Gasteiger partial charge in [-0.2, -0.15) is 5.10 Å². The maximum absolute atomic E-state index is 10.7. The molecule has 1 amide bonds. The van der Waals surface area contributed by atoms with Crippen molar-refractivity contribution in [3.63, 3.8) is 0 Å². The molecule has 2 N–H and O–H groups in total. The molecule has 0 spiro atoms. The first-order valence-electron chi connectivity index (χ1n) is 4.92. The summed E-state index contributed by atoms with van der Waals surface area (Å²) < 4.78 is 9.06. The first-order valence-corrected chi connectivity index (χ1v) is 4.92. The molecule has 0 radical (unpaired) electrons. The molecule has 9 nitrogen and oxygen atoms in total. The third-order valence-corrected chi connectivity index (χ3v) is 2.06. The van der Waals surface area contributed by atoms with E-state index in [-0.39, 0.29) is 22.7 Å². The second-order valence-electron chi connectivity index (χ2n) is 3.20. The Morgan fingerprint density at radius 2 is 2.21 bits per heavy atom. The zero-order chi connectivity index (χ0) is 14.4. The Bertz CT molecular complexity index is 528. The van der Waals surface area contributed by atoms with E-state index in [9.17, 15) is 20.0 Å². The summed E-state index contributed by atoms with van der Waals surface area (Å²) in [4.78, 5) is 20.8. The van der Waals surface area contributed by atoms with Crippen LogP contribution in [-0.4, -0.2) is 36.6 Å². The number of phenols is 1. The summed E-state index contributed by atoms with van der Waals surface area (Å²) in [5, 5.41) is 23.9. The van der Waals surface area contributed by atoms with Gasteiger partial charge < -0.3 is 14.6 Å². The lowest BCUT2D eigenvalue weighted by Crippen LogP contribution is -2.16. The number of nitrogens with one attached hydrogen (secondary N) is 1. The van der Waals surface area contributed by atoms with Crippen molar-refractivity contribution < 1.29 is 24.3 Å². The van der Waals surface area contributed by atoms with Gasteiger partial charge in [0.15, 0.2) is 11.5 Å². The summed E-state index contributed by atoms with van der Waals surface area (Å²) in [5.74, 6) is -0.405. The van der Waals surface area contributed by atoms with E-state index in [0.717, 1.165) is 25.5 Å². The van der Waals surface area contributed by atoms with Crippen LogP contribution in [0.25, 0.3) is 0 Å². The molecule has 0 saturated heterocycles. The normalized spacial score (nSPS) is 10.2. The van der Waals surface area contributed by atoms with Gasteiger partial charge in [-0.25, -0.2) is 10.2 Å². The zero-order valence-electron chi connectivity index (χ0n) is 10.1. The fourth-order valence-corrected chi connectivity index (χ4v) is 1.17. The van der Waals surface area contributed by atoms with Crippen LogP contribution >= 0.6 is 0 Å². The van der Waals surface area contributed by atoms with Crippen LogP contribution in [0.5, 0.6) is 11.5 Å². The largest absolute Gasteiger partial charge is 0.504 e. The molecule has 0 aliphatic heterocycles. The molecular formula is C10H11N3O6. The van der Waals surface area contributed by atoms with E-state index < -0.39 is 11.0 Å². The number of carbonyl (C=O) groups is 1. The Kier molecular flexibility index (Phi) is 4.63. The Morgan fingerprint density at radius 1 is 1.53 bits per heavy atom. The number of ether oxygens (including phenoxy) is 2. The quantitative estimate of drug-likeness (QED) is 0.477. The number of hydrogen-bond donors (Lipinski definition) is 2. The Labute approximate surface area is 107 Å². The summed E-state index contributed by atoms with van der Waals surface area (Å²) in [6.07, 6.45) is 0.218. The number of hydrazone groups is 1. The van der Waals surface area contributed by atoms with Gasteiger partial charge in [-0.3, -0.25) is 10.1 Å². The fourth-order valence-electron chi connectivity index (χ4n) is 1.17. The number of aromatic hydroxyl groups is 1. The van der Waals surface area contributed by atoms with Gasteiger partial charge in [0, 0.05) is 11.6 Å². The van der Waals surface area contributed by atoms with Crippen LogP contribution in [-0.2, 0) is 4.74 Å². The predicted molar refractivity (Wildman–Crippen MR) is 64.4 cm³/mol. The highest BCUT2D eigenvalue weighted by molar-refractivity contribution is 5.86. The number of nitrogens with zero attached hydrogens (tertiary/aromatic N) is 2. The van der Waals surface area contributed by atoms with Crippen molar-refractivity contribution in [2.24, 2.45) is 5.10 Å². The summed E-state index contributed by atoms with van der Waals surface area (Å²) >= 11 is 0. The number of hydrogen-bond acceptors (Lipinski definition) is 7. The molecule has 0 atom stereocenters. The summed E-state index contributed by atoms with van der Waals surface area (Å²) in [6, 6.07) is 2.15. The lowest BCUT2D eigenvalue weighted by atomic mass is 10.2. The predicted octanol–water partition coefficient (Wildman–Crippen LogP) is 0.999. The topological polar surface area (TPSA) is 123 Å². The average molecular weight is 269 g/mol. The van der Waals surface area contributed by atoms with Gasteiger partial charge in [0.05, 0.1) is 31.4 Å². The van der Waals surface area contributed by atoms with Crippen LogP contribution in [0, 0.1) is 10.1 Å². The Hall–Kier alpha value is -2.84. The van der Waals surface area contributed by atoms with Gasteiger partial charge in [0.2, 0.25) is 0 Å². The number of methoxy groups -OCH3 is 2. The molecule has 1 aromatic carbocycles. The standard InChI is InChI=1S/C10H11N3O6/c1-18-8-4-7(13(16)17)3-6(9(8)14)5-11-12-10(15)19-2/h3-5,14H,1-2H3,(H,12,15)/b11-5+. The number of benzene rings is 1. The van der Waals surface area contributed by atoms with Gasteiger partial charge in [0.1, 0.15) is 0 Å². The maximum Gasteiger partial charge on any atom is 0.427 e. The molecule has 0 aliphatic carbocycles. The van der Waals surface area contributed by atoms with Crippen LogP contribution in [0.4, 0.5) is 10.5 Å². The summed E-state index contributed by atoms with van der Waals surface area (Å²) in [7, 11) is 2.41. The third kappa shape index (κ3) is 3.56. The maximum atomic E-state index is 10.7. The number of amides is 1. The molecule has 9 heteroatoms. The molecular weight excluding hydrogens is 258 g/mol. The van der Waals surface area contributed by atoms with Gasteiger partial charge >= 0.3 is 6.09 Å². The fraction of sp³-hybridized carbons (Fsp3) is 0.200. The first-order chi connectivity index (χ1) is 8.99. The monoisotopic (exact) mass is 269 g/mol. The smallest absolute Gasteiger partial charge is 0.427 e. The van der Waals surface area contributed by atoms with Crippen LogP contribution in [0.3, 0.4) is 0 Å². The third-order valence-electron chi connectivity index (χ3n) is 2.06. The second-order valence-corrected chi connectivity index (χ2v) is 3.20. The summed E-state index contributed by atoms with van der Waals surface area (Å²) in [6.45, 7) is 0. The Morgan fingerprint density at radius 3 is 2.74 bits per heavy atom. The van der Waals surface area contributed by atoms with Crippen molar-refractivity contribution in [3.8, 4) is 11.5 Å². The van der Waals surface area contributed by atoms with Gasteiger partial charge in [0.25, 0.3) is 5.69 Å². The van der Waals surface area contributed by atoms with Gasteiger partial charge in [-0.05, 0) is 0 Å². The highest BCUT2D eigenvalue weighted by atomic mass is 16.6. The lowest BCUT2D eigenvalue weighted by Gasteiger charge is -2.05. The van der Waals surface area contributed by atoms with Crippen LogP contribution in [0.15, 0.2) is 17.2 Å². The van der Waals surface area contributed by atoms with Crippen LogP contribution in [0.1, 0.15) is 5.56 Å². The molecule has 19 heavy (non-hydrogen) atoms. The molecule has 1 rings (SSSR count). The minimum absolute atomic E-state index is 0.0162. The molecule has 0 heterocycles. The van der Waals surface area contributed by atoms with E-state index >= 15 is 0 Å². The van der Waals surface area contributed by atoms with Crippen LogP contribution < -0.4 is 10.2 Å². The Balaban J connectivity index is 3.08. The van der Waals surface area contributed by atoms with E-state index in [1.165, 1.54) is 7.11 Å². The van der Waals surface area contributed by atoms with Crippen molar-refractivity contribution >= 4 is 18.0 Å². The van der Waals surface area contributed by atoms with Crippen molar-refractivity contribution in [3.05, 3.63) is 27.8 Å². The minimum atomic E-state index is -0.812. The lowest BCUT2D eigenvalue weighted by molar-refractivity contribution is -0.385. The second kappa shape index (κ2) is 6.19. The van der Waals surface area contributed by atoms with E-state index in [1.807, 2.05) is 5.43 Å². The molecule has 0 aromatic heterocycles. The summed E-state index contributed by atoms with van der Waals surface area (Å²) in [5.41, 5.74) is 1.71. The van der Waals surface area contributed by atoms with Crippen molar-refractivity contribution in [2.75, 3.05) is 14.2 Å². The number of nitro groups is 1. The zero-order valence-corrected chi connectivity index (χ0v) is 10.1. The van der Waals surface area contributed by atoms with Gasteiger partial charge in [-0.15, -0.1) is 0 Å².